The summed E-state index contributed by atoms with van der Waals surface area (Å²) in [5, 5.41) is 2.62. The lowest BCUT2D eigenvalue weighted by Gasteiger charge is -2.10. The van der Waals surface area contributed by atoms with Gasteiger partial charge < -0.3 is 15.0 Å². The number of alkyl carbamates (subject to hydrolysis) is 1. The van der Waals surface area contributed by atoms with E-state index in [0.29, 0.717) is 19.4 Å². The number of hydrogen-bond acceptors (Lipinski definition) is 3. The molecule has 2 amide bonds. The van der Waals surface area contributed by atoms with E-state index in [9.17, 15) is 9.59 Å². The van der Waals surface area contributed by atoms with E-state index in [4.69, 9.17) is 4.74 Å². The summed E-state index contributed by atoms with van der Waals surface area (Å²) in [6, 6.07) is 9.48. The maximum absolute atomic E-state index is 11.4. The molecule has 1 N–H and O–H groups in total. The van der Waals surface area contributed by atoms with Crippen molar-refractivity contribution in [3.63, 3.8) is 0 Å². The predicted octanol–water partition coefficient (Wildman–Crippen LogP) is 1.78. The Hall–Kier alpha value is -2.04. The van der Waals surface area contributed by atoms with Crippen LogP contribution in [0.2, 0.25) is 0 Å². The zero-order chi connectivity index (χ0) is 14.1. The van der Waals surface area contributed by atoms with Crippen LogP contribution in [0.4, 0.5) is 4.79 Å². The van der Waals surface area contributed by atoms with Crippen molar-refractivity contribution in [2.24, 2.45) is 0 Å². The Balaban J connectivity index is 2.10. The highest BCUT2D eigenvalue weighted by atomic mass is 16.5. The molecule has 0 aliphatic heterocycles. The van der Waals surface area contributed by atoms with Gasteiger partial charge in [0.15, 0.2) is 0 Å². The zero-order valence-electron chi connectivity index (χ0n) is 11.4. The summed E-state index contributed by atoms with van der Waals surface area (Å²) in [7, 11) is 3.42. The van der Waals surface area contributed by atoms with Crippen LogP contribution in [0.5, 0.6) is 0 Å². The van der Waals surface area contributed by atoms with Crippen LogP contribution in [0, 0.1) is 0 Å². The molecule has 0 aliphatic carbocycles. The Bertz CT molecular complexity index is 404. The van der Waals surface area contributed by atoms with E-state index in [0.717, 1.165) is 5.56 Å². The van der Waals surface area contributed by atoms with Crippen molar-refractivity contribution < 1.29 is 14.3 Å². The van der Waals surface area contributed by atoms with E-state index in [2.05, 4.69) is 5.32 Å². The van der Waals surface area contributed by atoms with Crippen LogP contribution in [0.15, 0.2) is 30.3 Å². The second-order valence-electron chi connectivity index (χ2n) is 4.38. The van der Waals surface area contributed by atoms with Crippen molar-refractivity contribution in [1.29, 1.82) is 0 Å². The van der Waals surface area contributed by atoms with E-state index in [-0.39, 0.29) is 12.5 Å². The Morgan fingerprint density at radius 1 is 1.21 bits per heavy atom. The van der Waals surface area contributed by atoms with Gasteiger partial charge in [-0.25, -0.2) is 4.79 Å². The molecule has 0 spiro atoms. The number of ether oxygens (including phenoxy) is 1. The second-order valence-corrected chi connectivity index (χ2v) is 4.38. The standard InChI is InChI=1S/C14H20N2O3/c1-16(2)13(17)9-6-10-15-14(18)19-11-12-7-4-3-5-8-12/h3-5,7-8H,6,9-11H2,1-2H3,(H,15,18). The Labute approximate surface area is 113 Å². The van der Waals surface area contributed by atoms with Crippen LogP contribution in [0.25, 0.3) is 0 Å². The number of nitrogens with zero attached hydrogens (tertiary/aromatic N) is 1. The molecule has 0 aromatic heterocycles. The monoisotopic (exact) mass is 264 g/mol. The SMILES string of the molecule is CN(C)C(=O)CCCNC(=O)OCc1ccccc1. The fourth-order valence-electron chi connectivity index (χ4n) is 1.43. The quantitative estimate of drug-likeness (QED) is 0.797. The number of carbonyl (C=O) groups is 2. The van der Waals surface area contributed by atoms with Gasteiger partial charge in [0.25, 0.3) is 0 Å². The van der Waals surface area contributed by atoms with Crippen molar-refractivity contribution >= 4 is 12.0 Å². The molecule has 1 rings (SSSR count). The van der Waals surface area contributed by atoms with Crippen molar-refractivity contribution in [2.75, 3.05) is 20.6 Å². The highest BCUT2D eigenvalue weighted by Gasteiger charge is 2.05. The van der Waals surface area contributed by atoms with E-state index < -0.39 is 6.09 Å². The zero-order valence-corrected chi connectivity index (χ0v) is 11.4. The maximum atomic E-state index is 11.4. The Kier molecular flexibility index (Phi) is 6.43. The fourth-order valence-corrected chi connectivity index (χ4v) is 1.43. The molecule has 0 unspecified atom stereocenters. The molecule has 0 bridgehead atoms. The van der Waals surface area contributed by atoms with E-state index in [1.807, 2.05) is 30.3 Å². The van der Waals surface area contributed by atoms with E-state index in [1.54, 1.807) is 14.1 Å². The highest BCUT2D eigenvalue weighted by molar-refractivity contribution is 5.75. The molecular formula is C14H20N2O3. The number of carbonyl (C=O) groups excluding carboxylic acids is 2. The summed E-state index contributed by atoms with van der Waals surface area (Å²) >= 11 is 0. The summed E-state index contributed by atoms with van der Waals surface area (Å²) in [4.78, 5) is 24.2. The third kappa shape index (κ3) is 6.45. The molecule has 1 aromatic rings. The van der Waals surface area contributed by atoms with Gasteiger partial charge in [0.05, 0.1) is 0 Å². The average Bonchev–Trinajstić information content (AvgIpc) is 2.42. The molecule has 5 heteroatoms. The van der Waals surface area contributed by atoms with E-state index >= 15 is 0 Å². The summed E-state index contributed by atoms with van der Waals surface area (Å²) in [6.45, 7) is 0.691. The number of benzene rings is 1. The second kappa shape index (κ2) is 8.13. The summed E-state index contributed by atoms with van der Waals surface area (Å²) in [6.07, 6.45) is 0.574. The Morgan fingerprint density at radius 3 is 2.53 bits per heavy atom. The topological polar surface area (TPSA) is 58.6 Å². The molecule has 1 aromatic carbocycles. The lowest BCUT2D eigenvalue weighted by Crippen LogP contribution is -2.27. The Morgan fingerprint density at radius 2 is 1.89 bits per heavy atom. The number of hydrogen-bond donors (Lipinski definition) is 1. The van der Waals surface area contributed by atoms with Gasteiger partial charge in [-0.3, -0.25) is 4.79 Å². The number of amides is 2. The van der Waals surface area contributed by atoms with E-state index in [1.165, 1.54) is 4.90 Å². The highest BCUT2D eigenvalue weighted by Crippen LogP contribution is 2.00. The molecule has 0 aliphatic rings. The molecule has 0 heterocycles. The van der Waals surface area contributed by atoms with Gasteiger partial charge in [0.2, 0.25) is 5.91 Å². The van der Waals surface area contributed by atoms with Crippen LogP contribution in [0.3, 0.4) is 0 Å². The van der Waals surface area contributed by atoms with Gasteiger partial charge in [0.1, 0.15) is 6.61 Å². The molecule has 104 valence electrons. The molecule has 0 radical (unpaired) electrons. The van der Waals surface area contributed by atoms with Gasteiger partial charge in [-0.2, -0.15) is 0 Å². The van der Waals surface area contributed by atoms with Gasteiger partial charge >= 0.3 is 6.09 Å². The molecular weight excluding hydrogens is 244 g/mol. The molecule has 0 saturated carbocycles. The van der Waals surface area contributed by atoms with Gasteiger partial charge in [-0.1, -0.05) is 30.3 Å². The molecule has 19 heavy (non-hydrogen) atoms. The first-order valence-corrected chi connectivity index (χ1v) is 6.24. The lowest BCUT2D eigenvalue weighted by molar-refractivity contribution is -0.128. The van der Waals surface area contributed by atoms with Crippen molar-refractivity contribution in [2.45, 2.75) is 19.4 Å². The number of rotatable bonds is 6. The minimum Gasteiger partial charge on any atom is -0.445 e. The molecule has 0 fully saturated rings. The normalized spacial score (nSPS) is 9.79. The first kappa shape index (κ1) is 15.0. The van der Waals surface area contributed by atoms with Crippen molar-refractivity contribution in [3.8, 4) is 0 Å². The van der Waals surface area contributed by atoms with Crippen LogP contribution in [0.1, 0.15) is 18.4 Å². The smallest absolute Gasteiger partial charge is 0.407 e. The summed E-state index contributed by atoms with van der Waals surface area (Å²) in [5.74, 6) is 0.0550. The van der Waals surface area contributed by atoms with Crippen LogP contribution < -0.4 is 5.32 Å². The van der Waals surface area contributed by atoms with Crippen LogP contribution in [-0.2, 0) is 16.1 Å². The first-order chi connectivity index (χ1) is 9.09. The van der Waals surface area contributed by atoms with Crippen molar-refractivity contribution in [1.82, 2.24) is 10.2 Å². The minimum absolute atomic E-state index is 0.0550. The third-order valence-electron chi connectivity index (χ3n) is 2.55. The largest absolute Gasteiger partial charge is 0.445 e. The fraction of sp³-hybridized carbons (Fsp3) is 0.429. The van der Waals surface area contributed by atoms with Gasteiger partial charge in [-0.15, -0.1) is 0 Å². The van der Waals surface area contributed by atoms with Crippen molar-refractivity contribution in [3.05, 3.63) is 35.9 Å². The first-order valence-electron chi connectivity index (χ1n) is 6.24. The van der Waals surface area contributed by atoms with Gasteiger partial charge in [0, 0.05) is 27.1 Å². The summed E-state index contributed by atoms with van der Waals surface area (Å²) < 4.78 is 5.04. The number of nitrogens with one attached hydrogen (secondary N) is 1. The molecule has 5 nitrogen and oxygen atoms in total. The molecule has 0 atom stereocenters. The minimum atomic E-state index is -0.457. The molecule has 0 saturated heterocycles. The van der Waals surface area contributed by atoms with Gasteiger partial charge in [-0.05, 0) is 12.0 Å². The van der Waals surface area contributed by atoms with Crippen LogP contribution >= 0.6 is 0 Å². The lowest BCUT2D eigenvalue weighted by atomic mass is 10.2. The summed E-state index contributed by atoms with van der Waals surface area (Å²) in [5.41, 5.74) is 0.945. The predicted molar refractivity (Wildman–Crippen MR) is 72.6 cm³/mol. The average molecular weight is 264 g/mol. The third-order valence-corrected chi connectivity index (χ3v) is 2.55. The maximum Gasteiger partial charge on any atom is 0.407 e. The van der Waals surface area contributed by atoms with Crippen LogP contribution in [-0.4, -0.2) is 37.5 Å².